The number of rotatable bonds is 2. The summed E-state index contributed by atoms with van der Waals surface area (Å²) in [6.07, 6.45) is 9.70. The van der Waals surface area contributed by atoms with Gasteiger partial charge >= 0.3 is 6.03 Å². The molecule has 2 N–H and O–H groups in total. The zero-order valence-corrected chi connectivity index (χ0v) is 14.6. The lowest BCUT2D eigenvalue weighted by molar-refractivity contribution is 0.177. The van der Waals surface area contributed by atoms with E-state index in [0.29, 0.717) is 5.92 Å². The van der Waals surface area contributed by atoms with Gasteiger partial charge in [-0.15, -0.1) is 0 Å². The molecule has 1 atom stereocenters. The van der Waals surface area contributed by atoms with Crippen LogP contribution in [0.2, 0.25) is 0 Å². The molecule has 0 aromatic carbocycles. The zero-order valence-electron chi connectivity index (χ0n) is 14.6. The molecule has 2 amide bonds. The maximum absolute atomic E-state index is 12.4. The lowest BCUT2D eigenvalue weighted by Gasteiger charge is -2.34. The van der Waals surface area contributed by atoms with Crippen molar-refractivity contribution in [1.29, 1.82) is 0 Å². The van der Waals surface area contributed by atoms with E-state index in [9.17, 15) is 4.79 Å². The maximum atomic E-state index is 12.4. The van der Waals surface area contributed by atoms with Crippen LogP contribution in [0.3, 0.4) is 0 Å². The van der Waals surface area contributed by atoms with Gasteiger partial charge in [-0.3, -0.25) is 4.98 Å². The summed E-state index contributed by atoms with van der Waals surface area (Å²) in [7, 11) is 0. The topological polar surface area (TPSA) is 73.9 Å². The molecule has 0 saturated carbocycles. The van der Waals surface area contributed by atoms with E-state index in [1.807, 2.05) is 43.5 Å². The Morgan fingerprint density at radius 2 is 2.24 bits per heavy atom. The molecule has 0 spiro atoms. The third-order valence-electron chi connectivity index (χ3n) is 4.89. The van der Waals surface area contributed by atoms with Gasteiger partial charge in [0.25, 0.3) is 0 Å². The minimum absolute atomic E-state index is 0.0290. The highest BCUT2D eigenvalue weighted by atomic mass is 16.2. The van der Waals surface area contributed by atoms with Crippen LogP contribution in [0.15, 0.2) is 30.9 Å². The SMILES string of the molecule is CC(C)NC(=O)N1CCCC(c2cncc3cnc4[nH]ccc4c23)C1. The summed E-state index contributed by atoms with van der Waals surface area (Å²) < 4.78 is 0. The molecule has 130 valence electrons. The predicted molar refractivity (Wildman–Crippen MR) is 98.6 cm³/mol. The van der Waals surface area contributed by atoms with E-state index in [1.165, 1.54) is 10.9 Å². The van der Waals surface area contributed by atoms with Crippen molar-refractivity contribution in [2.24, 2.45) is 0 Å². The van der Waals surface area contributed by atoms with E-state index in [-0.39, 0.29) is 12.1 Å². The molecule has 1 unspecified atom stereocenters. The van der Waals surface area contributed by atoms with Crippen LogP contribution in [-0.2, 0) is 0 Å². The molecule has 6 heteroatoms. The number of hydrogen-bond donors (Lipinski definition) is 2. The number of aromatic nitrogens is 3. The smallest absolute Gasteiger partial charge is 0.317 e. The van der Waals surface area contributed by atoms with Gasteiger partial charge in [0.05, 0.1) is 0 Å². The number of carbonyl (C=O) groups excluding carboxylic acids is 1. The van der Waals surface area contributed by atoms with Crippen LogP contribution in [-0.4, -0.2) is 45.0 Å². The average molecular weight is 337 g/mol. The summed E-state index contributed by atoms with van der Waals surface area (Å²) in [4.78, 5) is 26.4. The second kappa shape index (κ2) is 6.35. The van der Waals surface area contributed by atoms with Crippen LogP contribution in [0.5, 0.6) is 0 Å². The van der Waals surface area contributed by atoms with Crippen LogP contribution in [0, 0.1) is 0 Å². The molecule has 4 rings (SSSR count). The molecule has 6 nitrogen and oxygen atoms in total. The van der Waals surface area contributed by atoms with Crippen LogP contribution < -0.4 is 5.32 Å². The Labute approximate surface area is 146 Å². The number of nitrogens with one attached hydrogen (secondary N) is 2. The van der Waals surface area contributed by atoms with Crippen molar-refractivity contribution in [2.75, 3.05) is 13.1 Å². The van der Waals surface area contributed by atoms with Crippen molar-refractivity contribution in [3.8, 4) is 0 Å². The highest BCUT2D eigenvalue weighted by molar-refractivity contribution is 6.06. The summed E-state index contributed by atoms with van der Waals surface area (Å²) in [6, 6.07) is 2.25. The Morgan fingerprint density at radius 1 is 1.36 bits per heavy atom. The standard InChI is InChI=1S/C19H23N5O/c1-12(2)23-19(25)24-7-3-4-13(11-24)16-10-20-8-14-9-22-18-15(17(14)16)5-6-21-18/h5-6,8-10,12-13H,3-4,7,11H2,1-2H3,(H,21,22)(H,23,25). The van der Waals surface area contributed by atoms with Gasteiger partial charge in [-0.25, -0.2) is 9.78 Å². The van der Waals surface area contributed by atoms with E-state index in [1.54, 1.807) is 0 Å². The number of aromatic amines is 1. The highest BCUT2D eigenvalue weighted by Crippen LogP contribution is 2.34. The molecular weight excluding hydrogens is 314 g/mol. The monoisotopic (exact) mass is 337 g/mol. The molecule has 0 aliphatic carbocycles. The van der Waals surface area contributed by atoms with E-state index in [0.717, 1.165) is 42.4 Å². The van der Waals surface area contributed by atoms with Gasteiger partial charge in [0.2, 0.25) is 0 Å². The van der Waals surface area contributed by atoms with E-state index in [2.05, 4.69) is 26.3 Å². The zero-order chi connectivity index (χ0) is 17.4. The summed E-state index contributed by atoms with van der Waals surface area (Å²) in [6.45, 7) is 5.52. The first-order valence-corrected chi connectivity index (χ1v) is 8.88. The van der Waals surface area contributed by atoms with E-state index >= 15 is 0 Å². The number of carbonyl (C=O) groups is 1. The van der Waals surface area contributed by atoms with Crippen molar-refractivity contribution >= 4 is 27.8 Å². The van der Waals surface area contributed by atoms with E-state index in [4.69, 9.17) is 0 Å². The number of amides is 2. The van der Waals surface area contributed by atoms with Crippen molar-refractivity contribution in [2.45, 2.75) is 38.6 Å². The van der Waals surface area contributed by atoms with Gasteiger partial charge in [-0.05, 0) is 38.3 Å². The van der Waals surface area contributed by atoms with Gasteiger partial charge in [-0.1, -0.05) is 0 Å². The molecule has 0 radical (unpaired) electrons. The Morgan fingerprint density at radius 3 is 3.08 bits per heavy atom. The number of H-pyrrole nitrogens is 1. The molecule has 1 aliphatic rings. The first-order chi connectivity index (χ1) is 12.1. The fourth-order valence-electron chi connectivity index (χ4n) is 3.77. The molecule has 1 saturated heterocycles. The molecular formula is C19H23N5O. The Hall–Kier alpha value is -2.63. The molecule has 4 heterocycles. The van der Waals surface area contributed by atoms with Gasteiger partial charge in [0.15, 0.2) is 0 Å². The summed E-state index contributed by atoms with van der Waals surface area (Å²) in [5, 5.41) is 6.38. The van der Waals surface area contributed by atoms with Gasteiger partial charge in [-0.2, -0.15) is 0 Å². The van der Waals surface area contributed by atoms with Crippen molar-refractivity contribution in [3.63, 3.8) is 0 Å². The van der Waals surface area contributed by atoms with E-state index < -0.39 is 0 Å². The highest BCUT2D eigenvalue weighted by Gasteiger charge is 2.27. The lowest BCUT2D eigenvalue weighted by Crippen LogP contribution is -2.47. The molecule has 1 aliphatic heterocycles. The normalized spacial score (nSPS) is 18.2. The molecule has 25 heavy (non-hydrogen) atoms. The van der Waals surface area contributed by atoms with Crippen molar-refractivity contribution in [3.05, 3.63) is 36.4 Å². The van der Waals surface area contributed by atoms with Crippen LogP contribution in [0.25, 0.3) is 21.8 Å². The van der Waals surface area contributed by atoms with Gasteiger partial charge < -0.3 is 15.2 Å². The number of piperidine rings is 1. The average Bonchev–Trinajstić information content (AvgIpc) is 3.09. The predicted octanol–water partition coefficient (Wildman–Crippen LogP) is 3.41. The minimum atomic E-state index is 0.0290. The second-order valence-electron chi connectivity index (χ2n) is 7.08. The Kier molecular flexibility index (Phi) is 4.03. The first kappa shape index (κ1) is 15.9. The number of likely N-dealkylation sites (tertiary alicyclic amines) is 1. The number of fused-ring (bicyclic) bond motifs is 3. The lowest BCUT2D eigenvalue weighted by atomic mass is 9.88. The maximum Gasteiger partial charge on any atom is 0.317 e. The minimum Gasteiger partial charge on any atom is -0.346 e. The molecule has 3 aromatic heterocycles. The van der Waals surface area contributed by atoms with Crippen LogP contribution >= 0.6 is 0 Å². The molecule has 1 fully saturated rings. The molecule has 3 aromatic rings. The number of hydrogen-bond acceptors (Lipinski definition) is 3. The molecule has 0 bridgehead atoms. The van der Waals surface area contributed by atoms with Gasteiger partial charge in [0.1, 0.15) is 5.65 Å². The third-order valence-corrected chi connectivity index (χ3v) is 4.89. The number of pyridine rings is 2. The van der Waals surface area contributed by atoms with Crippen molar-refractivity contribution < 1.29 is 4.79 Å². The van der Waals surface area contributed by atoms with Crippen LogP contribution in [0.1, 0.15) is 38.2 Å². The number of urea groups is 1. The largest absolute Gasteiger partial charge is 0.346 e. The third kappa shape index (κ3) is 2.92. The fourth-order valence-corrected chi connectivity index (χ4v) is 3.77. The second-order valence-corrected chi connectivity index (χ2v) is 7.08. The van der Waals surface area contributed by atoms with Crippen molar-refractivity contribution in [1.82, 2.24) is 25.2 Å². The summed E-state index contributed by atoms with van der Waals surface area (Å²) in [5.41, 5.74) is 2.11. The summed E-state index contributed by atoms with van der Waals surface area (Å²) >= 11 is 0. The number of nitrogens with zero attached hydrogens (tertiary/aromatic N) is 3. The first-order valence-electron chi connectivity index (χ1n) is 8.88. The van der Waals surface area contributed by atoms with Crippen LogP contribution in [0.4, 0.5) is 4.79 Å². The Bertz CT molecular complexity index is 916. The Balaban J connectivity index is 1.71. The quantitative estimate of drug-likeness (QED) is 0.752. The summed E-state index contributed by atoms with van der Waals surface area (Å²) in [5.74, 6) is 0.295. The fraction of sp³-hybridized carbons (Fsp3) is 0.421. The van der Waals surface area contributed by atoms with Gasteiger partial charge in [0, 0.05) is 66.0 Å².